The number of hydrogen-bond donors (Lipinski definition) is 0. The van der Waals surface area contributed by atoms with Gasteiger partial charge in [-0.1, -0.05) is 36.3 Å². The van der Waals surface area contributed by atoms with E-state index in [1.807, 2.05) is 32.1 Å². The minimum atomic E-state index is -3.34. The van der Waals surface area contributed by atoms with E-state index in [1.165, 1.54) is 5.57 Å². The van der Waals surface area contributed by atoms with E-state index in [0.717, 1.165) is 5.56 Å². The maximum atomic E-state index is 12.5. The fraction of sp³-hybridized carbons (Fsp3) is 0.429. The quantitative estimate of drug-likeness (QED) is 0.771. The van der Waals surface area contributed by atoms with Crippen molar-refractivity contribution in [2.24, 2.45) is 5.92 Å². The van der Waals surface area contributed by atoms with Crippen LogP contribution in [0.5, 0.6) is 0 Å². The number of aryl methyl sites for hydroxylation is 1. The second kappa shape index (κ2) is 4.86. The van der Waals surface area contributed by atoms with Gasteiger partial charge in [0.15, 0.2) is 0 Å². The molecule has 98 valence electrons. The smallest absolute Gasteiger partial charge is 0.207 e. The van der Waals surface area contributed by atoms with Gasteiger partial charge in [-0.25, -0.2) is 8.42 Å². The Kier molecular flexibility index (Phi) is 3.59. The van der Waals surface area contributed by atoms with Crippen molar-refractivity contribution < 1.29 is 8.42 Å². The average molecular weight is 265 g/mol. The molecular weight excluding hydrogens is 246 g/mol. The van der Waals surface area contributed by atoms with Crippen molar-refractivity contribution in [3.05, 3.63) is 41.5 Å². The Hall–Kier alpha value is -1.13. The third-order valence-corrected chi connectivity index (χ3v) is 5.32. The lowest BCUT2D eigenvalue weighted by Crippen LogP contribution is -2.28. The maximum Gasteiger partial charge on any atom is 0.243 e. The van der Waals surface area contributed by atoms with Crippen molar-refractivity contribution in [2.45, 2.75) is 25.7 Å². The highest BCUT2D eigenvalue weighted by Crippen LogP contribution is 2.27. The largest absolute Gasteiger partial charge is 0.243 e. The molecule has 0 radical (unpaired) electrons. The highest BCUT2D eigenvalue weighted by atomic mass is 32.2. The van der Waals surface area contributed by atoms with E-state index in [9.17, 15) is 8.42 Å². The molecule has 1 heterocycles. The zero-order valence-corrected chi connectivity index (χ0v) is 11.9. The lowest BCUT2D eigenvalue weighted by atomic mass is 10.1. The molecule has 1 aromatic carbocycles. The van der Waals surface area contributed by atoms with Gasteiger partial charge in [0.2, 0.25) is 10.0 Å². The van der Waals surface area contributed by atoms with Gasteiger partial charge in [0.25, 0.3) is 0 Å². The molecule has 1 aliphatic rings. The van der Waals surface area contributed by atoms with Crippen LogP contribution in [0.1, 0.15) is 19.4 Å². The monoisotopic (exact) mass is 265 g/mol. The Morgan fingerprint density at radius 3 is 2.39 bits per heavy atom. The van der Waals surface area contributed by atoms with Crippen molar-refractivity contribution in [1.29, 1.82) is 0 Å². The van der Waals surface area contributed by atoms with E-state index < -0.39 is 10.0 Å². The Balaban J connectivity index is 2.31. The third kappa shape index (κ3) is 2.35. The molecule has 0 aromatic heterocycles. The van der Waals surface area contributed by atoms with Crippen molar-refractivity contribution >= 4 is 10.0 Å². The van der Waals surface area contributed by atoms with Crippen molar-refractivity contribution in [2.75, 3.05) is 13.1 Å². The molecule has 1 fully saturated rings. The van der Waals surface area contributed by atoms with Crippen LogP contribution < -0.4 is 0 Å². The van der Waals surface area contributed by atoms with E-state index in [-0.39, 0.29) is 0 Å². The number of rotatable bonds is 2. The first-order valence-corrected chi connectivity index (χ1v) is 7.61. The summed E-state index contributed by atoms with van der Waals surface area (Å²) in [6.07, 6.45) is 2.02. The van der Waals surface area contributed by atoms with Crippen LogP contribution in [-0.4, -0.2) is 25.8 Å². The molecule has 1 saturated heterocycles. The summed E-state index contributed by atoms with van der Waals surface area (Å²) < 4.78 is 26.5. The summed E-state index contributed by atoms with van der Waals surface area (Å²) in [5.74, 6) is 0.315. The topological polar surface area (TPSA) is 37.4 Å². The normalized spacial score (nSPS) is 23.7. The van der Waals surface area contributed by atoms with Crippen LogP contribution in [0.3, 0.4) is 0 Å². The van der Waals surface area contributed by atoms with Crippen molar-refractivity contribution in [3.63, 3.8) is 0 Å². The molecule has 18 heavy (non-hydrogen) atoms. The third-order valence-electron chi connectivity index (χ3n) is 3.50. The first-order chi connectivity index (χ1) is 8.45. The fourth-order valence-electron chi connectivity index (χ4n) is 2.26. The minimum absolute atomic E-state index is 0.315. The number of benzene rings is 1. The Labute approximate surface area is 109 Å². The number of allylic oxidation sites excluding steroid dienone is 1. The summed E-state index contributed by atoms with van der Waals surface area (Å²) in [5, 5.41) is 0. The van der Waals surface area contributed by atoms with E-state index in [1.54, 1.807) is 16.4 Å². The first kappa shape index (κ1) is 13.3. The maximum absolute atomic E-state index is 12.5. The van der Waals surface area contributed by atoms with E-state index >= 15 is 0 Å². The number of nitrogens with zero attached hydrogens (tertiary/aromatic N) is 1. The summed E-state index contributed by atoms with van der Waals surface area (Å²) in [5.41, 5.74) is 2.27. The number of sulfonamides is 1. The van der Waals surface area contributed by atoms with E-state index in [4.69, 9.17) is 0 Å². The highest BCUT2D eigenvalue weighted by Gasteiger charge is 2.33. The highest BCUT2D eigenvalue weighted by molar-refractivity contribution is 7.89. The molecule has 3 nitrogen and oxygen atoms in total. The predicted molar refractivity (Wildman–Crippen MR) is 72.9 cm³/mol. The molecular formula is C14H19NO2S. The van der Waals surface area contributed by atoms with Crippen LogP contribution in [0.25, 0.3) is 0 Å². The Morgan fingerprint density at radius 2 is 1.89 bits per heavy atom. The molecule has 4 heteroatoms. The summed E-state index contributed by atoms with van der Waals surface area (Å²) in [6, 6.07) is 7.04. The molecule has 0 bridgehead atoms. The summed E-state index contributed by atoms with van der Waals surface area (Å²) in [7, 11) is -3.34. The minimum Gasteiger partial charge on any atom is -0.207 e. The fourth-order valence-corrected chi connectivity index (χ4v) is 3.78. The van der Waals surface area contributed by atoms with Crippen LogP contribution in [0.2, 0.25) is 0 Å². The lowest BCUT2D eigenvalue weighted by molar-refractivity contribution is 0.464. The van der Waals surface area contributed by atoms with Crippen LogP contribution in [-0.2, 0) is 10.0 Å². The molecule has 0 aliphatic carbocycles. The van der Waals surface area contributed by atoms with Gasteiger partial charge in [-0.15, -0.1) is 0 Å². The molecule has 0 N–H and O–H groups in total. The average Bonchev–Trinajstić information content (AvgIpc) is 2.72. The molecule has 0 amide bonds. The lowest BCUT2D eigenvalue weighted by Gasteiger charge is -2.15. The molecule has 2 rings (SSSR count). The molecule has 1 atom stereocenters. The zero-order chi connectivity index (χ0) is 13.3. The van der Waals surface area contributed by atoms with Gasteiger partial charge in [0.05, 0.1) is 4.90 Å². The van der Waals surface area contributed by atoms with Gasteiger partial charge in [0, 0.05) is 13.1 Å². The van der Waals surface area contributed by atoms with Crippen LogP contribution in [0.15, 0.2) is 40.8 Å². The Morgan fingerprint density at radius 1 is 1.28 bits per heavy atom. The summed E-state index contributed by atoms with van der Waals surface area (Å²) in [6.45, 7) is 7.09. The molecule has 0 unspecified atom stereocenters. The standard InChI is InChI=1S/C14H19NO2S/c1-4-13-10-15(9-12(13)3)18(16,17)14-7-5-11(2)6-8-14/h4-8,12H,9-10H2,1-3H3/b13-4-/t12-/m1/s1. The van der Waals surface area contributed by atoms with Crippen LogP contribution in [0, 0.1) is 12.8 Å². The molecule has 0 saturated carbocycles. The van der Waals surface area contributed by atoms with Crippen LogP contribution in [0.4, 0.5) is 0 Å². The molecule has 1 aromatic rings. The zero-order valence-electron chi connectivity index (χ0n) is 11.1. The predicted octanol–water partition coefficient (Wildman–Crippen LogP) is 2.58. The second-order valence-corrected chi connectivity index (χ2v) is 6.81. The van der Waals surface area contributed by atoms with Crippen molar-refractivity contribution in [1.82, 2.24) is 4.31 Å². The van der Waals surface area contributed by atoms with Gasteiger partial charge in [-0.3, -0.25) is 0 Å². The van der Waals surface area contributed by atoms with Gasteiger partial charge >= 0.3 is 0 Å². The summed E-state index contributed by atoms with van der Waals surface area (Å²) >= 11 is 0. The summed E-state index contributed by atoms with van der Waals surface area (Å²) in [4.78, 5) is 0.387. The number of hydrogen-bond acceptors (Lipinski definition) is 2. The van der Waals surface area contributed by atoms with Gasteiger partial charge in [0.1, 0.15) is 0 Å². The van der Waals surface area contributed by atoms with Crippen molar-refractivity contribution in [3.8, 4) is 0 Å². The van der Waals surface area contributed by atoms with E-state index in [0.29, 0.717) is 23.9 Å². The molecule has 0 spiro atoms. The second-order valence-electron chi connectivity index (χ2n) is 4.88. The van der Waals surface area contributed by atoms with Gasteiger partial charge in [-0.05, 0) is 31.9 Å². The van der Waals surface area contributed by atoms with E-state index in [2.05, 4.69) is 6.92 Å². The SMILES string of the molecule is C/C=C1/CN(S(=O)(=O)c2ccc(C)cc2)C[C@H]1C. The first-order valence-electron chi connectivity index (χ1n) is 6.17. The van der Waals surface area contributed by atoms with Gasteiger partial charge < -0.3 is 0 Å². The molecule has 1 aliphatic heterocycles. The van der Waals surface area contributed by atoms with Crippen LogP contribution >= 0.6 is 0 Å². The van der Waals surface area contributed by atoms with Gasteiger partial charge in [-0.2, -0.15) is 4.31 Å². The Bertz CT molecular complexity index is 558.